The first-order valence-electron chi connectivity index (χ1n) is 7.41. The van der Waals surface area contributed by atoms with Crippen LogP contribution in [0.3, 0.4) is 0 Å². The number of rotatable bonds is 4. The van der Waals surface area contributed by atoms with E-state index in [0.29, 0.717) is 25.0 Å². The van der Waals surface area contributed by atoms with E-state index in [4.69, 9.17) is 5.73 Å². The Balaban J connectivity index is 1.93. The van der Waals surface area contributed by atoms with Gasteiger partial charge in [-0.3, -0.25) is 9.69 Å². The van der Waals surface area contributed by atoms with Crippen LogP contribution in [0.25, 0.3) is 0 Å². The third-order valence-corrected chi connectivity index (χ3v) is 4.12. The van der Waals surface area contributed by atoms with Gasteiger partial charge in [-0.1, -0.05) is 19.1 Å². The predicted molar refractivity (Wildman–Crippen MR) is 82.6 cm³/mol. The summed E-state index contributed by atoms with van der Waals surface area (Å²) in [7, 11) is 0. The number of hydrogen-bond donors (Lipinski definition) is 2. The van der Waals surface area contributed by atoms with Gasteiger partial charge in [-0.25, -0.2) is 0 Å². The van der Waals surface area contributed by atoms with Crippen molar-refractivity contribution in [3.8, 4) is 0 Å². The third kappa shape index (κ3) is 3.81. The Labute approximate surface area is 121 Å². The van der Waals surface area contributed by atoms with Crippen LogP contribution in [0.5, 0.6) is 0 Å². The summed E-state index contributed by atoms with van der Waals surface area (Å²) in [6.07, 6.45) is 2.35. The number of benzene rings is 1. The summed E-state index contributed by atoms with van der Waals surface area (Å²) in [6, 6.07) is 8.21. The number of carbonyl (C=O) groups excluding carboxylic acids is 1. The lowest BCUT2D eigenvalue weighted by molar-refractivity contribution is -0.118. The number of piperidine rings is 1. The fourth-order valence-electron chi connectivity index (χ4n) is 3.02. The maximum atomic E-state index is 12.2. The summed E-state index contributed by atoms with van der Waals surface area (Å²) in [5, 5.41) is 2.97. The van der Waals surface area contributed by atoms with Gasteiger partial charge in [0.1, 0.15) is 0 Å². The highest BCUT2D eigenvalue weighted by atomic mass is 16.2. The highest BCUT2D eigenvalue weighted by molar-refractivity contribution is 5.92. The predicted octanol–water partition coefficient (Wildman–Crippen LogP) is 1.99. The molecule has 0 radical (unpaired) electrons. The van der Waals surface area contributed by atoms with E-state index in [9.17, 15) is 4.79 Å². The zero-order valence-corrected chi connectivity index (χ0v) is 12.4. The van der Waals surface area contributed by atoms with Gasteiger partial charge < -0.3 is 11.1 Å². The van der Waals surface area contributed by atoms with Gasteiger partial charge in [-0.15, -0.1) is 0 Å². The van der Waals surface area contributed by atoms with Crippen LogP contribution in [-0.2, 0) is 4.79 Å². The van der Waals surface area contributed by atoms with Crippen molar-refractivity contribution in [1.29, 1.82) is 0 Å². The van der Waals surface area contributed by atoms with Gasteiger partial charge in [0, 0.05) is 18.3 Å². The molecule has 0 saturated carbocycles. The summed E-state index contributed by atoms with van der Waals surface area (Å²) in [4.78, 5) is 14.4. The van der Waals surface area contributed by atoms with E-state index >= 15 is 0 Å². The highest BCUT2D eigenvalue weighted by Crippen LogP contribution is 2.22. The van der Waals surface area contributed by atoms with Crippen LogP contribution < -0.4 is 11.1 Å². The van der Waals surface area contributed by atoms with Crippen molar-refractivity contribution < 1.29 is 4.79 Å². The van der Waals surface area contributed by atoms with E-state index in [-0.39, 0.29) is 5.91 Å². The molecule has 2 rings (SSSR count). The van der Waals surface area contributed by atoms with Crippen molar-refractivity contribution in [3.05, 3.63) is 29.8 Å². The van der Waals surface area contributed by atoms with Crippen LogP contribution in [0.2, 0.25) is 0 Å². The quantitative estimate of drug-likeness (QED) is 0.883. The molecule has 0 aromatic heterocycles. The molecule has 4 heteroatoms. The Morgan fingerprint density at radius 3 is 3.00 bits per heavy atom. The lowest BCUT2D eigenvalue weighted by Crippen LogP contribution is -2.51. The molecular formula is C16H25N3O. The van der Waals surface area contributed by atoms with Crippen LogP contribution in [0.4, 0.5) is 5.69 Å². The Morgan fingerprint density at radius 2 is 2.30 bits per heavy atom. The minimum absolute atomic E-state index is 0.0446. The summed E-state index contributed by atoms with van der Waals surface area (Å²) in [5.41, 5.74) is 7.87. The van der Waals surface area contributed by atoms with Gasteiger partial charge in [-0.2, -0.15) is 0 Å². The molecule has 3 N–H and O–H groups in total. The third-order valence-electron chi connectivity index (χ3n) is 4.12. The molecule has 1 aliphatic heterocycles. The van der Waals surface area contributed by atoms with Crippen LogP contribution in [0.15, 0.2) is 24.3 Å². The monoisotopic (exact) mass is 275 g/mol. The lowest BCUT2D eigenvalue weighted by atomic mass is 9.91. The molecule has 20 heavy (non-hydrogen) atoms. The minimum Gasteiger partial charge on any atom is -0.329 e. The fourth-order valence-corrected chi connectivity index (χ4v) is 3.02. The van der Waals surface area contributed by atoms with E-state index in [1.54, 1.807) is 0 Å². The van der Waals surface area contributed by atoms with E-state index in [0.717, 1.165) is 24.2 Å². The number of nitrogens with one attached hydrogen (secondary N) is 1. The first kappa shape index (κ1) is 15.0. The first-order chi connectivity index (χ1) is 9.60. The molecule has 1 aromatic carbocycles. The first-order valence-corrected chi connectivity index (χ1v) is 7.41. The molecule has 2 atom stereocenters. The Morgan fingerprint density at radius 1 is 1.50 bits per heavy atom. The van der Waals surface area contributed by atoms with Crippen LogP contribution in [0, 0.1) is 12.8 Å². The van der Waals surface area contributed by atoms with Crippen LogP contribution in [0.1, 0.15) is 25.3 Å². The van der Waals surface area contributed by atoms with Crippen molar-refractivity contribution in [2.75, 3.05) is 25.0 Å². The fraction of sp³-hybridized carbons (Fsp3) is 0.562. The second-order valence-corrected chi connectivity index (χ2v) is 5.81. The molecule has 1 heterocycles. The van der Waals surface area contributed by atoms with Gasteiger partial charge in [0.15, 0.2) is 0 Å². The van der Waals surface area contributed by atoms with Gasteiger partial charge in [0.05, 0.1) is 6.54 Å². The lowest BCUT2D eigenvalue weighted by Gasteiger charge is -2.38. The van der Waals surface area contributed by atoms with E-state index in [1.165, 1.54) is 6.42 Å². The second-order valence-electron chi connectivity index (χ2n) is 5.81. The number of nitrogens with zero attached hydrogens (tertiary/aromatic N) is 1. The molecular weight excluding hydrogens is 250 g/mol. The molecule has 0 aliphatic carbocycles. The molecule has 0 spiro atoms. The van der Waals surface area contributed by atoms with Crippen molar-refractivity contribution >= 4 is 11.6 Å². The van der Waals surface area contributed by atoms with Crippen molar-refractivity contribution in [2.24, 2.45) is 11.7 Å². The molecule has 1 aliphatic rings. The van der Waals surface area contributed by atoms with Crippen molar-refractivity contribution in [3.63, 3.8) is 0 Å². The Kier molecular flexibility index (Phi) is 5.15. The average Bonchev–Trinajstić information content (AvgIpc) is 2.38. The standard InChI is InChI=1S/C16H25N3O/c1-12-5-3-7-14(9-12)18-16(20)11-19-8-4-6-13(2)15(19)10-17/h3,5,7,9,13,15H,4,6,8,10-11,17H2,1-2H3,(H,18,20). The number of carbonyl (C=O) groups is 1. The summed E-state index contributed by atoms with van der Waals surface area (Å²) < 4.78 is 0. The van der Waals surface area contributed by atoms with Crippen LogP contribution in [-0.4, -0.2) is 36.5 Å². The Hall–Kier alpha value is -1.39. The molecule has 1 aromatic rings. The van der Waals surface area contributed by atoms with E-state index < -0.39 is 0 Å². The van der Waals surface area contributed by atoms with Gasteiger partial charge >= 0.3 is 0 Å². The zero-order valence-electron chi connectivity index (χ0n) is 12.4. The van der Waals surface area contributed by atoms with Gasteiger partial charge in [0.2, 0.25) is 5.91 Å². The molecule has 2 unspecified atom stereocenters. The summed E-state index contributed by atoms with van der Waals surface area (Å²) >= 11 is 0. The number of likely N-dealkylation sites (tertiary alicyclic amines) is 1. The molecule has 1 fully saturated rings. The topological polar surface area (TPSA) is 58.4 Å². The van der Waals surface area contributed by atoms with Gasteiger partial charge in [-0.05, 0) is 49.9 Å². The number of anilines is 1. The summed E-state index contributed by atoms with van der Waals surface area (Å²) in [5.74, 6) is 0.615. The van der Waals surface area contributed by atoms with E-state index in [2.05, 4.69) is 17.1 Å². The largest absolute Gasteiger partial charge is 0.329 e. The number of nitrogens with two attached hydrogens (primary N) is 1. The number of aryl methyl sites for hydroxylation is 1. The SMILES string of the molecule is Cc1cccc(NC(=O)CN2CCCC(C)C2CN)c1. The van der Waals surface area contributed by atoms with Crippen molar-refractivity contribution in [2.45, 2.75) is 32.7 Å². The smallest absolute Gasteiger partial charge is 0.238 e. The normalized spacial score (nSPS) is 23.6. The van der Waals surface area contributed by atoms with Crippen LogP contribution >= 0.6 is 0 Å². The second kappa shape index (κ2) is 6.86. The Bertz CT molecular complexity index is 461. The van der Waals surface area contributed by atoms with Gasteiger partial charge in [0.25, 0.3) is 0 Å². The molecule has 1 amide bonds. The van der Waals surface area contributed by atoms with E-state index in [1.807, 2.05) is 31.2 Å². The maximum Gasteiger partial charge on any atom is 0.238 e. The maximum absolute atomic E-state index is 12.2. The molecule has 110 valence electrons. The average molecular weight is 275 g/mol. The summed E-state index contributed by atoms with van der Waals surface area (Å²) in [6.45, 7) is 6.26. The highest BCUT2D eigenvalue weighted by Gasteiger charge is 2.28. The minimum atomic E-state index is 0.0446. The molecule has 1 saturated heterocycles. The number of hydrogen-bond acceptors (Lipinski definition) is 3. The zero-order chi connectivity index (χ0) is 14.5. The number of amides is 1. The molecule has 0 bridgehead atoms. The van der Waals surface area contributed by atoms with Crippen molar-refractivity contribution in [1.82, 2.24) is 4.90 Å². The molecule has 4 nitrogen and oxygen atoms in total.